The summed E-state index contributed by atoms with van der Waals surface area (Å²) in [5.74, 6) is -1.06. The summed E-state index contributed by atoms with van der Waals surface area (Å²) in [6, 6.07) is 22.5. The Morgan fingerprint density at radius 1 is 0.767 bits per heavy atom. The Morgan fingerprint density at radius 3 is 2.02 bits per heavy atom. The highest BCUT2D eigenvalue weighted by Gasteiger charge is 2.26. The average Bonchev–Trinajstić information content (AvgIpc) is 3.25. The first-order valence-electron chi connectivity index (χ1n) is 14.3. The van der Waals surface area contributed by atoms with E-state index in [9.17, 15) is 19.2 Å². The summed E-state index contributed by atoms with van der Waals surface area (Å²) in [5.41, 5.74) is 4.18. The number of unbranched alkanes of at least 4 members (excludes halogenated alkanes) is 3. The van der Waals surface area contributed by atoms with E-state index in [1.54, 1.807) is 29.2 Å². The summed E-state index contributed by atoms with van der Waals surface area (Å²) >= 11 is 0. The van der Waals surface area contributed by atoms with Crippen LogP contribution < -0.4 is 14.4 Å². The molecule has 9 heteroatoms. The SMILES string of the molecule is CC(=O)Oc1ccc(-c2c(N(CCCCCCC(=O)O)C(C)=O)c3cc(OC(C)=O)ccc3n2Cc2ccccc2)cc1. The summed E-state index contributed by atoms with van der Waals surface area (Å²) in [7, 11) is 0. The Labute approximate surface area is 250 Å². The first-order chi connectivity index (χ1) is 20.6. The highest BCUT2D eigenvalue weighted by atomic mass is 16.5. The van der Waals surface area contributed by atoms with Gasteiger partial charge in [-0.2, -0.15) is 0 Å². The van der Waals surface area contributed by atoms with Crippen LogP contribution in [0.4, 0.5) is 5.69 Å². The number of ether oxygens (including phenoxy) is 2. The van der Waals surface area contributed by atoms with Crippen molar-refractivity contribution in [3.63, 3.8) is 0 Å². The first kappa shape index (κ1) is 31.0. The molecule has 0 radical (unpaired) electrons. The van der Waals surface area contributed by atoms with Gasteiger partial charge in [-0.05, 0) is 60.9 Å². The van der Waals surface area contributed by atoms with Crippen molar-refractivity contribution in [3.8, 4) is 22.8 Å². The maximum absolute atomic E-state index is 13.3. The molecule has 0 aliphatic carbocycles. The number of aliphatic carboxylic acids is 1. The van der Waals surface area contributed by atoms with Crippen LogP contribution in [0.25, 0.3) is 22.2 Å². The molecule has 0 saturated carbocycles. The van der Waals surface area contributed by atoms with Gasteiger partial charge in [0.2, 0.25) is 5.91 Å². The lowest BCUT2D eigenvalue weighted by Gasteiger charge is -2.24. The van der Waals surface area contributed by atoms with E-state index in [4.69, 9.17) is 14.6 Å². The number of hydrogen-bond donors (Lipinski definition) is 1. The molecule has 0 spiro atoms. The minimum Gasteiger partial charge on any atom is -0.481 e. The predicted octanol–water partition coefficient (Wildman–Crippen LogP) is 6.60. The van der Waals surface area contributed by atoms with Crippen molar-refractivity contribution < 1.29 is 33.8 Å². The summed E-state index contributed by atoms with van der Waals surface area (Å²) in [5, 5.41) is 9.70. The Balaban J connectivity index is 1.88. The predicted molar refractivity (Wildman–Crippen MR) is 164 cm³/mol. The number of hydrogen-bond acceptors (Lipinski definition) is 6. The van der Waals surface area contributed by atoms with Gasteiger partial charge in [0.1, 0.15) is 11.5 Å². The van der Waals surface area contributed by atoms with Crippen molar-refractivity contribution in [1.29, 1.82) is 0 Å². The summed E-state index contributed by atoms with van der Waals surface area (Å²) in [4.78, 5) is 49.3. The summed E-state index contributed by atoms with van der Waals surface area (Å²) in [6.07, 6.45) is 2.89. The molecule has 4 rings (SSSR count). The number of aromatic nitrogens is 1. The number of rotatable bonds is 13. The van der Waals surface area contributed by atoms with Crippen molar-refractivity contribution in [2.24, 2.45) is 0 Å². The highest BCUT2D eigenvalue weighted by molar-refractivity contribution is 6.10. The molecule has 4 aromatic rings. The van der Waals surface area contributed by atoms with Gasteiger partial charge in [0.05, 0.1) is 16.9 Å². The topological polar surface area (TPSA) is 115 Å². The summed E-state index contributed by atoms with van der Waals surface area (Å²) in [6.45, 7) is 5.13. The van der Waals surface area contributed by atoms with Gasteiger partial charge >= 0.3 is 17.9 Å². The number of esters is 2. The third-order valence-electron chi connectivity index (χ3n) is 7.01. The molecule has 0 unspecified atom stereocenters. The van der Waals surface area contributed by atoms with Crippen LogP contribution in [0.15, 0.2) is 72.8 Å². The molecule has 3 aromatic carbocycles. The fraction of sp³-hybridized carbons (Fsp3) is 0.294. The quantitative estimate of drug-likeness (QED) is 0.107. The molecule has 0 bridgehead atoms. The normalized spacial score (nSPS) is 10.9. The van der Waals surface area contributed by atoms with E-state index >= 15 is 0 Å². The number of carbonyl (C=O) groups excluding carboxylic acids is 3. The molecule has 0 saturated heterocycles. The average molecular weight is 585 g/mol. The molecular weight excluding hydrogens is 548 g/mol. The number of anilines is 1. The van der Waals surface area contributed by atoms with E-state index in [1.807, 2.05) is 48.5 Å². The zero-order valence-electron chi connectivity index (χ0n) is 24.7. The van der Waals surface area contributed by atoms with Crippen LogP contribution in [-0.2, 0) is 25.7 Å². The molecule has 0 aliphatic rings. The second-order valence-corrected chi connectivity index (χ2v) is 10.4. The Kier molecular flexibility index (Phi) is 10.3. The van der Waals surface area contributed by atoms with Crippen molar-refractivity contribution >= 4 is 40.4 Å². The van der Waals surface area contributed by atoms with Crippen LogP contribution in [0.5, 0.6) is 11.5 Å². The first-order valence-corrected chi connectivity index (χ1v) is 14.3. The third kappa shape index (κ3) is 8.09. The fourth-order valence-electron chi connectivity index (χ4n) is 5.21. The van der Waals surface area contributed by atoms with Crippen LogP contribution in [0.3, 0.4) is 0 Å². The number of amides is 1. The minimum absolute atomic E-state index is 0.121. The van der Waals surface area contributed by atoms with E-state index in [1.165, 1.54) is 20.8 Å². The van der Waals surface area contributed by atoms with E-state index in [0.29, 0.717) is 43.1 Å². The summed E-state index contributed by atoms with van der Waals surface area (Å²) < 4.78 is 12.8. The molecule has 1 aromatic heterocycles. The second-order valence-electron chi connectivity index (χ2n) is 10.4. The van der Waals surface area contributed by atoms with Gasteiger partial charge in [-0.25, -0.2) is 0 Å². The van der Waals surface area contributed by atoms with Crippen molar-refractivity contribution in [3.05, 3.63) is 78.4 Å². The van der Waals surface area contributed by atoms with Crippen LogP contribution in [0.2, 0.25) is 0 Å². The molecule has 9 nitrogen and oxygen atoms in total. The molecule has 224 valence electrons. The smallest absolute Gasteiger partial charge is 0.308 e. The molecule has 43 heavy (non-hydrogen) atoms. The van der Waals surface area contributed by atoms with Gasteiger partial charge in [-0.1, -0.05) is 43.2 Å². The van der Waals surface area contributed by atoms with Crippen molar-refractivity contribution in [1.82, 2.24) is 4.57 Å². The highest BCUT2D eigenvalue weighted by Crippen LogP contribution is 2.43. The lowest BCUT2D eigenvalue weighted by Crippen LogP contribution is -2.30. The molecule has 0 atom stereocenters. The number of benzene rings is 3. The lowest BCUT2D eigenvalue weighted by molar-refractivity contribution is -0.137. The Hall–Kier alpha value is -4.92. The van der Waals surface area contributed by atoms with Gasteiger partial charge in [0.25, 0.3) is 0 Å². The van der Waals surface area contributed by atoms with E-state index < -0.39 is 17.9 Å². The maximum atomic E-state index is 13.3. The van der Waals surface area contributed by atoms with Gasteiger partial charge < -0.3 is 24.0 Å². The minimum atomic E-state index is -0.815. The van der Waals surface area contributed by atoms with Gasteiger partial charge in [-0.15, -0.1) is 0 Å². The molecule has 0 aliphatic heterocycles. The zero-order valence-corrected chi connectivity index (χ0v) is 24.7. The van der Waals surface area contributed by atoms with Crippen LogP contribution in [0, 0.1) is 0 Å². The van der Waals surface area contributed by atoms with E-state index in [0.717, 1.165) is 40.6 Å². The zero-order chi connectivity index (χ0) is 30.9. The van der Waals surface area contributed by atoms with Crippen LogP contribution in [0.1, 0.15) is 58.4 Å². The fourth-order valence-corrected chi connectivity index (χ4v) is 5.21. The van der Waals surface area contributed by atoms with Crippen LogP contribution >= 0.6 is 0 Å². The Bertz CT molecular complexity index is 1610. The number of carbonyl (C=O) groups is 4. The monoisotopic (exact) mass is 584 g/mol. The Morgan fingerprint density at radius 2 is 1.40 bits per heavy atom. The third-order valence-corrected chi connectivity index (χ3v) is 7.01. The standard InChI is InChI=1S/C34H36N2O7/c1-23(37)35(20-10-5-4-9-13-32(40)41)34-30-21-29(43-25(3)39)18-19-31(30)36(22-26-11-7-6-8-12-26)33(34)27-14-16-28(17-15-27)42-24(2)38/h6-8,11-12,14-19,21H,4-5,9-10,13,20,22H2,1-3H3,(H,40,41). The number of nitrogens with zero attached hydrogens (tertiary/aromatic N) is 2. The molecule has 0 fully saturated rings. The van der Waals surface area contributed by atoms with Crippen molar-refractivity contribution in [2.45, 2.75) is 59.4 Å². The molecular formula is C34H36N2O7. The molecule has 1 heterocycles. The van der Waals surface area contributed by atoms with Gasteiger partial charge in [0, 0.05) is 51.2 Å². The maximum Gasteiger partial charge on any atom is 0.308 e. The lowest BCUT2D eigenvalue weighted by atomic mass is 10.1. The van der Waals surface area contributed by atoms with E-state index in [-0.39, 0.29) is 12.3 Å². The second kappa shape index (κ2) is 14.3. The largest absolute Gasteiger partial charge is 0.481 e. The van der Waals surface area contributed by atoms with Gasteiger partial charge in [-0.3, -0.25) is 19.2 Å². The number of carboxylic acids is 1. The molecule has 1 amide bonds. The van der Waals surface area contributed by atoms with Crippen molar-refractivity contribution in [2.75, 3.05) is 11.4 Å². The van der Waals surface area contributed by atoms with Gasteiger partial charge in [0.15, 0.2) is 0 Å². The van der Waals surface area contributed by atoms with Crippen LogP contribution in [-0.4, -0.2) is 40.0 Å². The molecule has 1 N–H and O–H groups in total. The number of fused-ring (bicyclic) bond motifs is 1. The van der Waals surface area contributed by atoms with E-state index in [2.05, 4.69) is 4.57 Å². The number of carboxylic acid groups (broad SMARTS) is 1.